The second kappa shape index (κ2) is 9.77. The molecule has 3 aliphatic heterocycles. The molecule has 2 fully saturated rings. The molecule has 1 atom stereocenters. The van der Waals surface area contributed by atoms with Gasteiger partial charge >= 0.3 is 12.1 Å². The number of carboxylic acids is 1. The van der Waals surface area contributed by atoms with Gasteiger partial charge in [-0.1, -0.05) is 18.2 Å². The number of rotatable bonds is 3. The van der Waals surface area contributed by atoms with Gasteiger partial charge in [-0.2, -0.15) is 18.3 Å². The normalized spacial score (nSPS) is 21.2. The largest absolute Gasteiger partial charge is 0.490 e. The number of fused-ring (bicyclic) bond motifs is 2. The fourth-order valence-electron chi connectivity index (χ4n) is 5.09. The van der Waals surface area contributed by atoms with Crippen molar-refractivity contribution in [3.63, 3.8) is 0 Å². The number of piperidine rings is 1. The molecule has 0 radical (unpaired) electrons. The van der Waals surface area contributed by atoms with Gasteiger partial charge in [-0.05, 0) is 49.9 Å². The number of halogens is 3. The van der Waals surface area contributed by atoms with E-state index in [1.807, 2.05) is 6.92 Å². The number of carbonyl (C=O) groups is 1. The highest BCUT2D eigenvalue weighted by molar-refractivity contribution is 5.73. The molecule has 2 saturated heterocycles. The summed E-state index contributed by atoms with van der Waals surface area (Å²) >= 11 is 0. The second-order valence-electron chi connectivity index (χ2n) is 9.23. The summed E-state index contributed by atoms with van der Waals surface area (Å²) in [6.45, 7) is 8.21. The third kappa shape index (κ3) is 5.27. The van der Waals surface area contributed by atoms with E-state index in [9.17, 15) is 13.2 Å². The van der Waals surface area contributed by atoms with E-state index >= 15 is 0 Å². The Morgan fingerprint density at radius 3 is 2.47 bits per heavy atom. The number of hydrogen-bond acceptors (Lipinski definition) is 6. The van der Waals surface area contributed by atoms with E-state index in [1.165, 1.54) is 24.9 Å². The van der Waals surface area contributed by atoms with Crippen LogP contribution in [0, 0.1) is 12.8 Å². The molecule has 5 rings (SSSR count). The summed E-state index contributed by atoms with van der Waals surface area (Å²) in [5.41, 5.74) is 4.26. The first-order valence-corrected chi connectivity index (χ1v) is 11.5. The van der Waals surface area contributed by atoms with Crippen molar-refractivity contribution in [3.05, 3.63) is 47.7 Å². The zero-order valence-electron chi connectivity index (χ0n) is 19.1. The molecule has 34 heavy (non-hydrogen) atoms. The maximum Gasteiger partial charge on any atom is 0.490 e. The van der Waals surface area contributed by atoms with Gasteiger partial charge in [0.25, 0.3) is 0 Å². The van der Waals surface area contributed by atoms with Gasteiger partial charge in [-0.15, -0.1) is 5.10 Å². The first-order chi connectivity index (χ1) is 16.2. The van der Waals surface area contributed by atoms with Crippen LogP contribution in [0.25, 0.3) is 0 Å². The molecule has 184 valence electrons. The van der Waals surface area contributed by atoms with Gasteiger partial charge in [-0.3, -0.25) is 0 Å². The second-order valence-corrected chi connectivity index (χ2v) is 9.23. The molecule has 7 nitrogen and oxygen atoms in total. The summed E-state index contributed by atoms with van der Waals surface area (Å²) in [5.74, 6) is -1.06. The van der Waals surface area contributed by atoms with E-state index in [0.717, 1.165) is 50.9 Å². The Balaban J connectivity index is 0.000000344. The van der Waals surface area contributed by atoms with Crippen LogP contribution in [0.1, 0.15) is 30.5 Å². The Morgan fingerprint density at radius 2 is 1.88 bits per heavy atom. The van der Waals surface area contributed by atoms with E-state index < -0.39 is 12.1 Å². The molecule has 1 aromatic carbocycles. The monoisotopic (exact) mass is 478 g/mol. The fourth-order valence-corrected chi connectivity index (χ4v) is 5.09. The van der Waals surface area contributed by atoms with Gasteiger partial charge < -0.3 is 19.6 Å². The number of aromatic nitrogens is 2. The average molecular weight is 479 g/mol. The van der Waals surface area contributed by atoms with Crippen LogP contribution in [0.4, 0.5) is 24.7 Å². The highest BCUT2D eigenvalue weighted by Gasteiger charge is 2.45. The maximum atomic E-state index is 10.6. The number of para-hydroxylation sites is 1. The molecule has 1 N–H and O–H groups in total. The lowest BCUT2D eigenvalue weighted by Gasteiger charge is -2.40. The summed E-state index contributed by atoms with van der Waals surface area (Å²) in [6.07, 6.45) is -1.53. The van der Waals surface area contributed by atoms with Crippen LogP contribution in [0.3, 0.4) is 0 Å². The number of anilines is 2. The number of carboxylic acid groups (broad SMARTS) is 1. The zero-order valence-corrected chi connectivity index (χ0v) is 19.1. The van der Waals surface area contributed by atoms with Crippen molar-refractivity contribution in [2.75, 3.05) is 49.2 Å². The molecule has 4 heterocycles. The Labute approximate surface area is 196 Å². The van der Waals surface area contributed by atoms with E-state index in [2.05, 4.69) is 56.4 Å². The Bertz CT molecular complexity index is 986. The lowest BCUT2D eigenvalue weighted by Crippen LogP contribution is -2.46. The van der Waals surface area contributed by atoms with Crippen molar-refractivity contribution < 1.29 is 27.8 Å². The molecule has 1 unspecified atom stereocenters. The molecule has 0 saturated carbocycles. The predicted molar refractivity (Wildman–Crippen MR) is 121 cm³/mol. The number of aryl methyl sites for hydroxylation is 1. The molecule has 1 spiro atoms. The van der Waals surface area contributed by atoms with Crippen molar-refractivity contribution in [1.82, 2.24) is 10.2 Å². The third-order valence-corrected chi connectivity index (χ3v) is 6.88. The van der Waals surface area contributed by atoms with Crippen molar-refractivity contribution in [2.45, 2.75) is 37.8 Å². The van der Waals surface area contributed by atoms with Gasteiger partial charge in [0.15, 0.2) is 5.82 Å². The summed E-state index contributed by atoms with van der Waals surface area (Å²) in [7, 11) is 0. The topological polar surface area (TPSA) is 78.8 Å². The number of nitrogens with zero attached hydrogens (tertiary/aromatic N) is 4. The van der Waals surface area contributed by atoms with Crippen LogP contribution in [0.5, 0.6) is 0 Å². The molecular weight excluding hydrogens is 449 g/mol. The lowest BCUT2D eigenvalue weighted by molar-refractivity contribution is -0.192. The maximum absolute atomic E-state index is 10.6. The molecule has 0 bridgehead atoms. The molecule has 10 heteroatoms. The molecule has 0 aliphatic carbocycles. The van der Waals surface area contributed by atoms with Crippen LogP contribution >= 0.6 is 0 Å². The van der Waals surface area contributed by atoms with Gasteiger partial charge in [0.05, 0.1) is 12.3 Å². The summed E-state index contributed by atoms with van der Waals surface area (Å²) in [6, 6.07) is 13.2. The smallest absolute Gasteiger partial charge is 0.475 e. The first-order valence-electron chi connectivity index (χ1n) is 11.5. The van der Waals surface area contributed by atoms with Crippen molar-refractivity contribution >= 4 is 17.5 Å². The zero-order chi connectivity index (χ0) is 24.3. The Hall–Kier alpha value is -2.88. The molecule has 3 aliphatic rings. The standard InChI is InChI=1S/C22H28N4O.C2HF3O2/c1-17-6-7-21(24-23-17)25-11-9-22(10-12-25)16-26(14-18-8-13-27-15-18)20-5-3-2-4-19(20)22;3-2(4,5)1(6)7/h2-7,18H,8-16H2,1H3;(H,6,7). The highest BCUT2D eigenvalue weighted by Crippen LogP contribution is 2.47. The van der Waals surface area contributed by atoms with Crippen LogP contribution in [-0.2, 0) is 14.9 Å². The lowest BCUT2D eigenvalue weighted by atomic mass is 9.74. The number of alkyl halides is 3. The predicted octanol–water partition coefficient (Wildman–Crippen LogP) is 3.81. The van der Waals surface area contributed by atoms with E-state index in [-0.39, 0.29) is 5.41 Å². The van der Waals surface area contributed by atoms with E-state index in [1.54, 1.807) is 5.56 Å². The summed E-state index contributed by atoms with van der Waals surface area (Å²) in [4.78, 5) is 13.9. The van der Waals surface area contributed by atoms with Gasteiger partial charge in [-0.25, -0.2) is 4.79 Å². The van der Waals surface area contributed by atoms with Gasteiger partial charge in [0, 0.05) is 49.8 Å². The molecular formula is C24H29F3N4O3. The Morgan fingerprint density at radius 1 is 1.18 bits per heavy atom. The minimum atomic E-state index is -5.08. The van der Waals surface area contributed by atoms with E-state index in [0.29, 0.717) is 5.92 Å². The SMILES string of the molecule is Cc1ccc(N2CCC3(CC2)CN(CC2CCOC2)c2ccccc23)nn1.O=C(O)C(F)(F)F. The third-order valence-electron chi connectivity index (χ3n) is 6.88. The molecule has 1 aromatic heterocycles. The summed E-state index contributed by atoms with van der Waals surface area (Å²) < 4.78 is 37.4. The van der Waals surface area contributed by atoms with Crippen molar-refractivity contribution in [2.24, 2.45) is 5.92 Å². The van der Waals surface area contributed by atoms with Gasteiger partial charge in [0.2, 0.25) is 0 Å². The van der Waals surface area contributed by atoms with E-state index in [4.69, 9.17) is 14.6 Å². The van der Waals surface area contributed by atoms with Crippen LogP contribution in [-0.4, -0.2) is 66.8 Å². The van der Waals surface area contributed by atoms with Crippen molar-refractivity contribution in [1.29, 1.82) is 0 Å². The number of ether oxygens (including phenoxy) is 1. The van der Waals surface area contributed by atoms with Gasteiger partial charge in [0.1, 0.15) is 0 Å². The van der Waals surface area contributed by atoms with Crippen LogP contribution in [0.2, 0.25) is 0 Å². The van der Waals surface area contributed by atoms with Crippen molar-refractivity contribution in [3.8, 4) is 0 Å². The number of hydrogen-bond donors (Lipinski definition) is 1. The quantitative estimate of drug-likeness (QED) is 0.719. The first kappa shape index (κ1) is 24.3. The average Bonchev–Trinajstić information content (AvgIpc) is 3.42. The van der Waals surface area contributed by atoms with Crippen LogP contribution in [0.15, 0.2) is 36.4 Å². The number of benzene rings is 1. The minimum absolute atomic E-state index is 0.282. The highest BCUT2D eigenvalue weighted by atomic mass is 19.4. The molecule has 2 aromatic rings. The van der Waals surface area contributed by atoms with Crippen LogP contribution < -0.4 is 9.80 Å². The number of aliphatic carboxylic acids is 1. The molecule has 0 amide bonds. The minimum Gasteiger partial charge on any atom is -0.475 e. The summed E-state index contributed by atoms with van der Waals surface area (Å²) in [5, 5.41) is 15.8. The fraction of sp³-hybridized carbons (Fsp3) is 0.542. The Kier molecular flexibility index (Phi) is 6.97.